The Labute approximate surface area is 140 Å². The van der Waals surface area contributed by atoms with Gasteiger partial charge in [-0.2, -0.15) is 0 Å². The molecule has 19 heavy (non-hydrogen) atoms. The molecule has 0 N–H and O–H groups in total. The Hall–Kier alpha value is -0.120. The predicted molar refractivity (Wildman–Crippen MR) is 93.7 cm³/mol. The average molecular weight is 447 g/mol. The number of halogens is 3. The molecule has 0 aliphatic rings. The van der Waals surface area contributed by atoms with Gasteiger partial charge >= 0.3 is 0 Å². The third-order valence-electron chi connectivity index (χ3n) is 3.18. The van der Waals surface area contributed by atoms with E-state index in [1.54, 1.807) is 0 Å². The van der Waals surface area contributed by atoms with Gasteiger partial charge in [0.05, 0.1) is 4.32 Å². The van der Waals surface area contributed by atoms with Crippen LogP contribution in [-0.4, -0.2) is 10.2 Å². The van der Waals surface area contributed by atoms with E-state index in [2.05, 4.69) is 108 Å². The molecule has 0 heterocycles. The highest BCUT2D eigenvalue weighted by molar-refractivity contribution is 9.12. The van der Waals surface area contributed by atoms with Crippen LogP contribution in [0.25, 0.3) is 0 Å². The van der Waals surface area contributed by atoms with E-state index in [4.69, 9.17) is 0 Å². The van der Waals surface area contributed by atoms with Crippen molar-refractivity contribution in [1.82, 2.24) is 0 Å². The predicted octanol–water partition coefficient (Wildman–Crippen LogP) is 5.87. The monoisotopic (exact) mass is 444 g/mol. The molecule has 0 aromatic heterocycles. The second kappa shape index (κ2) is 7.05. The molecule has 0 spiro atoms. The fraction of sp³-hybridized carbons (Fsp3) is 0.250. The van der Waals surface area contributed by atoms with Gasteiger partial charge in [0.1, 0.15) is 0 Å². The molecule has 3 heteroatoms. The fourth-order valence-corrected chi connectivity index (χ4v) is 4.77. The zero-order chi connectivity index (χ0) is 13.7. The van der Waals surface area contributed by atoms with E-state index in [1.807, 2.05) is 0 Å². The highest BCUT2D eigenvalue weighted by atomic mass is 79.9. The van der Waals surface area contributed by atoms with Crippen LogP contribution in [0.5, 0.6) is 0 Å². The summed E-state index contributed by atoms with van der Waals surface area (Å²) in [6, 6.07) is 21.1. The van der Waals surface area contributed by atoms with Crippen LogP contribution in [0.1, 0.15) is 17.5 Å². The molecule has 0 fully saturated rings. The number of hydrogen-bond acceptors (Lipinski definition) is 0. The Kier molecular flexibility index (Phi) is 5.67. The summed E-state index contributed by atoms with van der Waals surface area (Å²) < 4.78 is -0.205. The summed E-state index contributed by atoms with van der Waals surface area (Å²) in [5, 5.41) is 0.968. The van der Waals surface area contributed by atoms with Crippen LogP contribution in [0.4, 0.5) is 0 Å². The molecule has 1 unspecified atom stereocenters. The van der Waals surface area contributed by atoms with Crippen LogP contribution in [0, 0.1) is 0 Å². The van der Waals surface area contributed by atoms with Crippen molar-refractivity contribution >= 4 is 47.8 Å². The average Bonchev–Trinajstić information content (AvgIpc) is 2.48. The van der Waals surface area contributed by atoms with Crippen molar-refractivity contribution in [1.29, 1.82) is 0 Å². The smallest absolute Gasteiger partial charge is 0.0879 e. The molecule has 0 bridgehead atoms. The van der Waals surface area contributed by atoms with Gasteiger partial charge in [-0.1, -0.05) is 108 Å². The molecule has 2 aromatic rings. The third-order valence-corrected chi connectivity index (χ3v) is 6.87. The fourth-order valence-electron chi connectivity index (χ4n) is 2.18. The number of rotatable bonds is 5. The number of benzene rings is 2. The van der Waals surface area contributed by atoms with Gasteiger partial charge in [0.15, 0.2) is 0 Å². The van der Waals surface area contributed by atoms with Gasteiger partial charge in [0, 0.05) is 10.2 Å². The lowest BCUT2D eigenvalue weighted by Gasteiger charge is -2.33. The van der Waals surface area contributed by atoms with Crippen LogP contribution in [-0.2, 0) is 4.32 Å². The van der Waals surface area contributed by atoms with Crippen molar-refractivity contribution in [3.8, 4) is 0 Å². The van der Waals surface area contributed by atoms with Crippen LogP contribution < -0.4 is 0 Å². The second-order valence-electron chi connectivity index (χ2n) is 4.39. The van der Waals surface area contributed by atoms with Gasteiger partial charge in [-0.15, -0.1) is 0 Å². The Bertz CT molecular complexity index is 456. The first-order chi connectivity index (χ1) is 9.19. The maximum Gasteiger partial charge on any atom is 0.0879 e. The minimum atomic E-state index is -0.205. The van der Waals surface area contributed by atoms with Crippen LogP contribution in [0.15, 0.2) is 60.7 Å². The number of hydrogen-bond donors (Lipinski definition) is 0. The van der Waals surface area contributed by atoms with Gasteiger partial charge in [0.2, 0.25) is 0 Å². The molecular formula is C16H15Br3. The van der Waals surface area contributed by atoms with Crippen molar-refractivity contribution in [3.05, 3.63) is 71.8 Å². The zero-order valence-electron chi connectivity index (χ0n) is 10.4. The molecule has 1 atom stereocenters. The van der Waals surface area contributed by atoms with E-state index in [9.17, 15) is 0 Å². The van der Waals surface area contributed by atoms with E-state index in [-0.39, 0.29) is 4.32 Å². The molecule has 0 saturated heterocycles. The molecule has 0 radical (unpaired) electrons. The molecule has 0 amide bonds. The lowest BCUT2D eigenvalue weighted by Crippen LogP contribution is -2.31. The first kappa shape index (κ1) is 15.3. The molecule has 0 aliphatic heterocycles. The molecule has 0 saturated carbocycles. The SMILES string of the molecule is BrCCC(Br)C(Br)(c1ccccc1)c1ccccc1. The zero-order valence-corrected chi connectivity index (χ0v) is 15.2. The lowest BCUT2D eigenvalue weighted by atomic mass is 9.87. The van der Waals surface area contributed by atoms with E-state index >= 15 is 0 Å². The van der Waals surface area contributed by atoms with Crippen molar-refractivity contribution in [2.75, 3.05) is 5.33 Å². The maximum atomic E-state index is 4.00. The highest BCUT2D eigenvalue weighted by Gasteiger charge is 2.37. The summed E-state index contributed by atoms with van der Waals surface area (Å²) >= 11 is 11.4. The summed E-state index contributed by atoms with van der Waals surface area (Å²) in [7, 11) is 0. The lowest BCUT2D eigenvalue weighted by molar-refractivity contribution is 0.693. The third kappa shape index (κ3) is 3.32. The molecule has 2 aromatic carbocycles. The van der Waals surface area contributed by atoms with Gasteiger partial charge in [-0.05, 0) is 17.5 Å². The largest absolute Gasteiger partial charge is 0.0928 e. The Morgan fingerprint density at radius 2 is 1.26 bits per heavy atom. The quantitative estimate of drug-likeness (QED) is 0.503. The van der Waals surface area contributed by atoms with Gasteiger partial charge < -0.3 is 0 Å². The van der Waals surface area contributed by atoms with Crippen molar-refractivity contribution < 1.29 is 0 Å². The van der Waals surface area contributed by atoms with Crippen molar-refractivity contribution in [2.24, 2.45) is 0 Å². The second-order valence-corrected chi connectivity index (χ2v) is 7.54. The molecule has 100 valence electrons. The van der Waals surface area contributed by atoms with E-state index in [0.717, 1.165) is 11.8 Å². The van der Waals surface area contributed by atoms with Crippen LogP contribution in [0.3, 0.4) is 0 Å². The van der Waals surface area contributed by atoms with Crippen LogP contribution >= 0.6 is 47.8 Å². The first-order valence-electron chi connectivity index (χ1n) is 6.19. The van der Waals surface area contributed by atoms with Crippen molar-refractivity contribution in [3.63, 3.8) is 0 Å². The summed E-state index contributed by atoms with van der Waals surface area (Å²) in [6.07, 6.45) is 1.04. The van der Waals surface area contributed by atoms with Gasteiger partial charge in [-0.3, -0.25) is 0 Å². The summed E-state index contributed by atoms with van der Waals surface area (Å²) in [5.41, 5.74) is 2.54. The highest BCUT2D eigenvalue weighted by Crippen LogP contribution is 2.46. The Morgan fingerprint density at radius 1 is 0.842 bits per heavy atom. The Balaban J connectivity index is 2.51. The minimum Gasteiger partial charge on any atom is -0.0928 e. The topological polar surface area (TPSA) is 0 Å². The van der Waals surface area contributed by atoms with Crippen LogP contribution in [0.2, 0.25) is 0 Å². The van der Waals surface area contributed by atoms with Crippen molar-refractivity contribution in [2.45, 2.75) is 15.6 Å². The van der Waals surface area contributed by atoms with E-state index < -0.39 is 0 Å². The standard InChI is InChI=1S/C16H15Br3/c17-12-11-15(18)16(19,13-7-3-1-4-8-13)14-9-5-2-6-10-14/h1-10,15H,11-12H2. The minimum absolute atomic E-state index is 0.205. The molecule has 0 nitrogen and oxygen atoms in total. The van der Waals surface area contributed by atoms with E-state index in [0.29, 0.717) is 4.83 Å². The molecule has 2 rings (SSSR count). The molecule has 0 aliphatic carbocycles. The first-order valence-corrected chi connectivity index (χ1v) is 9.02. The summed E-state index contributed by atoms with van der Waals surface area (Å²) in [5.74, 6) is 0. The maximum absolute atomic E-state index is 4.00. The van der Waals surface area contributed by atoms with Gasteiger partial charge in [-0.25, -0.2) is 0 Å². The van der Waals surface area contributed by atoms with Gasteiger partial charge in [0.25, 0.3) is 0 Å². The van der Waals surface area contributed by atoms with E-state index in [1.165, 1.54) is 11.1 Å². The summed E-state index contributed by atoms with van der Waals surface area (Å²) in [6.45, 7) is 0. The normalized spacial score (nSPS) is 13.2. The Morgan fingerprint density at radius 3 is 1.63 bits per heavy atom. The molecular weight excluding hydrogens is 432 g/mol. The summed E-state index contributed by atoms with van der Waals surface area (Å²) in [4.78, 5) is 0.309. The number of alkyl halides is 3.